The summed E-state index contributed by atoms with van der Waals surface area (Å²) in [6.07, 6.45) is 1.57. The Morgan fingerprint density at radius 1 is 1.44 bits per heavy atom. The van der Waals surface area contributed by atoms with Crippen LogP contribution in [-0.2, 0) is 9.59 Å². The van der Waals surface area contributed by atoms with Crippen molar-refractivity contribution in [1.29, 1.82) is 0 Å². The molecular formula is C11H14N2O4S. The SMILES string of the molecule is CC(C)(SCC(=O)NC(=O)c1ccc[nH]1)C(=O)O. The number of amides is 2. The quantitative estimate of drug-likeness (QED) is 0.737. The Morgan fingerprint density at radius 3 is 2.61 bits per heavy atom. The highest BCUT2D eigenvalue weighted by Crippen LogP contribution is 2.23. The molecule has 0 aliphatic rings. The number of H-pyrrole nitrogens is 1. The molecule has 0 aliphatic heterocycles. The van der Waals surface area contributed by atoms with Crippen molar-refractivity contribution in [3.63, 3.8) is 0 Å². The third kappa shape index (κ3) is 3.92. The Balaban J connectivity index is 2.44. The highest BCUT2D eigenvalue weighted by atomic mass is 32.2. The zero-order chi connectivity index (χ0) is 13.8. The molecule has 0 saturated carbocycles. The first-order valence-corrected chi connectivity index (χ1v) is 6.16. The third-order valence-electron chi connectivity index (χ3n) is 2.17. The molecule has 0 atom stereocenters. The van der Waals surface area contributed by atoms with Gasteiger partial charge < -0.3 is 10.1 Å². The zero-order valence-corrected chi connectivity index (χ0v) is 10.8. The number of aromatic amines is 1. The van der Waals surface area contributed by atoms with E-state index in [9.17, 15) is 14.4 Å². The van der Waals surface area contributed by atoms with Crippen LogP contribution in [0.1, 0.15) is 24.3 Å². The van der Waals surface area contributed by atoms with Gasteiger partial charge in [0.25, 0.3) is 5.91 Å². The van der Waals surface area contributed by atoms with Gasteiger partial charge >= 0.3 is 5.97 Å². The molecule has 0 aromatic carbocycles. The minimum atomic E-state index is -1.06. The monoisotopic (exact) mass is 270 g/mol. The van der Waals surface area contributed by atoms with Gasteiger partial charge in [0.05, 0.1) is 5.75 Å². The van der Waals surface area contributed by atoms with E-state index < -0.39 is 22.5 Å². The van der Waals surface area contributed by atoms with Crippen LogP contribution in [0.2, 0.25) is 0 Å². The topological polar surface area (TPSA) is 99.3 Å². The number of nitrogens with one attached hydrogen (secondary N) is 2. The first-order valence-electron chi connectivity index (χ1n) is 5.18. The van der Waals surface area contributed by atoms with Crippen LogP contribution in [0.5, 0.6) is 0 Å². The van der Waals surface area contributed by atoms with Crippen molar-refractivity contribution < 1.29 is 19.5 Å². The standard InChI is InChI=1S/C11H14N2O4S/c1-11(2,10(16)17)18-6-8(14)13-9(15)7-4-3-5-12-7/h3-5,12H,6H2,1-2H3,(H,16,17)(H,13,14,15). The summed E-state index contributed by atoms with van der Waals surface area (Å²) in [4.78, 5) is 36.4. The number of thioether (sulfide) groups is 1. The van der Waals surface area contributed by atoms with Crippen LogP contribution in [0.15, 0.2) is 18.3 Å². The lowest BCUT2D eigenvalue weighted by molar-refractivity contribution is -0.138. The third-order valence-corrected chi connectivity index (χ3v) is 3.48. The summed E-state index contributed by atoms with van der Waals surface area (Å²) in [5.41, 5.74) is 0.283. The van der Waals surface area contributed by atoms with E-state index in [1.165, 1.54) is 19.9 Å². The van der Waals surface area contributed by atoms with Gasteiger partial charge in [-0.2, -0.15) is 0 Å². The second-order valence-electron chi connectivity index (χ2n) is 4.07. The van der Waals surface area contributed by atoms with Gasteiger partial charge in [-0.05, 0) is 26.0 Å². The summed E-state index contributed by atoms with van der Waals surface area (Å²) in [7, 11) is 0. The summed E-state index contributed by atoms with van der Waals surface area (Å²) in [6, 6.07) is 3.18. The molecule has 1 aromatic rings. The molecule has 1 aromatic heterocycles. The summed E-state index contributed by atoms with van der Waals surface area (Å²) >= 11 is 0.960. The predicted octanol–water partition coefficient (Wildman–Crippen LogP) is 0.867. The van der Waals surface area contributed by atoms with Crippen molar-refractivity contribution in [2.24, 2.45) is 0 Å². The van der Waals surface area contributed by atoms with Gasteiger partial charge in [-0.25, -0.2) is 0 Å². The maximum absolute atomic E-state index is 11.5. The van der Waals surface area contributed by atoms with E-state index >= 15 is 0 Å². The summed E-state index contributed by atoms with van der Waals surface area (Å²) in [5, 5.41) is 11.0. The van der Waals surface area contributed by atoms with Gasteiger partial charge in [0.1, 0.15) is 10.4 Å². The van der Waals surface area contributed by atoms with Gasteiger partial charge in [-0.3, -0.25) is 19.7 Å². The molecule has 0 bridgehead atoms. The van der Waals surface area contributed by atoms with Crippen molar-refractivity contribution in [1.82, 2.24) is 10.3 Å². The number of carboxylic acids is 1. The van der Waals surface area contributed by atoms with Gasteiger partial charge in [-0.15, -0.1) is 11.8 Å². The molecule has 6 nitrogen and oxygen atoms in total. The van der Waals surface area contributed by atoms with E-state index in [1.54, 1.807) is 12.3 Å². The van der Waals surface area contributed by atoms with Gasteiger partial charge in [-0.1, -0.05) is 0 Å². The Hall–Kier alpha value is -1.76. The maximum Gasteiger partial charge on any atom is 0.319 e. The van der Waals surface area contributed by atoms with Crippen LogP contribution < -0.4 is 5.32 Å². The number of carbonyl (C=O) groups is 3. The van der Waals surface area contributed by atoms with E-state index in [0.717, 1.165) is 11.8 Å². The molecule has 0 saturated heterocycles. The molecule has 3 N–H and O–H groups in total. The largest absolute Gasteiger partial charge is 0.480 e. The van der Waals surface area contributed by atoms with Gasteiger partial charge in [0.15, 0.2) is 0 Å². The normalized spacial score (nSPS) is 11.0. The molecule has 0 radical (unpaired) electrons. The highest BCUT2D eigenvalue weighted by Gasteiger charge is 2.28. The molecule has 1 rings (SSSR count). The van der Waals surface area contributed by atoms with E-state index in [-0.39, 0.29) is 11.4 Å². The minimum Gasteiger partial charge on any atom is -0.480 e. The molecule has 0 fully saturated rings. The number of carbonyl (C=O) groups excluding carboxylic acids is 2. The van der Waals surface area contributed by atoms with Crippen molar-refractivity contribution in [3.05, 3.63) is 24.0 Å². The second kappa shape index (κ2) is 5.72. The smallest absolute Gasteiger partial charge is 0.319 e. The Morgan fingerprint density at radius 2 is 2.11 bits per heavy atom. The Kier molecular flexibility index (Phi) is 4.55. The van der Waals surface area contributed by atoms with Crippen LogP contribution >= 0.6 is 11.8 Å². The number of rotatable bonds is 5. The number of hydrogen-bond acceptors (Lipinski definition) is 4. The molecule has 0 unspecified atom stereocenters. The molecule has 7 heteroatoms. The fourth-order valence-electron chi connectivity index (χ4n) is 1.01. The lowest BCUT2D eigenvalue weighted by Crippen LogP contribution is -2.35. The zero-order valence-electron chi connectivity index (χ0n) is 10.0. The first-order chi connectivity index (χ1) is 8.33. The van der Waals surface area contributed by atoms with Crippen molar-refractivity contribution >= 4 is 29.5 Å². The summed E-state index contributed by atoms with van der Waals surface area (Å²) in [5.74, 6) is -2.14. The Bertz CT molecular complexity index is 454. The van der Waals surface area contributed by atoms with Gasteiger partial charge in [0.2, 0.25) is 5.91 Å². The van der Waals surface area contributed by atoms with E-state index in [1.807, 2.05) is 0 Å². The lowest BCUT2D eigenvalue weighted by atomic mass is 10.2. The van der Waals surface area contributed by atoms with E-state index in [4.69, 9.17) is 5.11 Å². The molecule has 18 heavy (non-hydrogen) atoms. The average molecular weight is 270 g/mol. The molecule has 0 aliphatic carbocycles. The second-order valence-corrected chi connectivity index (χ2v) is 5.66. The number of aromatic nitrogens is 1. The number of imide groups is 1. The van der Waals surface area contributed by atoms with Crippen LogP contribution in [-0.4, -0.2) is 38.4 Å². The molecule has 98 valence electrons. The predicted molar refractivity (Wildman–Crippen MR) is 67.4 cm³/mol. The summed E-state index contributed by atoms with van der Waals surface area (Å²) < 4.78 is -1.06. The van der Waals surface area contributed by atoms with Crippen LogP contribution in [0.25, 0.3) is 0 Å². The van der Waals surface area contributed by atoms with Crippen LogP contribution in [0, 0.1) is 0 Å². The lowest BCUT2D eigenvalue weighted by Gasteiger charge is -2.17. The number of aliphatic carboxylic acids is 1. The minimum absolute atomic E-state index is 0.0915. The molecular weight excluding hydrogens is 256 g/mol. The maximum atomic E-state index is 11.5. The van der Waals surface area contributed by atoms with Crippen molar-refractivity contribution in [3.8, 4) is 0 Å². The number of carboxylic acid groups (broad SMARTS) is 1. The molecule has 1 heterocycles. The fourth-order valence-corrected chi connectivity index (χ4v) is 1.70. The molecule has 2 amide bonds. The average Bonchev–Trinajstić information content (AvgIpc) is 2.79. The molecule has 0 spiro atoms. The first kappa shape index (κ1) is 14.3. The fraction of sp³-hybridized carbons (Fsp3) is 0.364. The van der Waals surface area contributed by atoms with E-state index in [0.29, 0.717) is 0 Å². The van der Waals surface area contributed by atoms with Crippen LogP contribution in [0.3, 0.4) is 0 Å². The van der Waals surface area contributed by atoms with Gasteiger partial charge in [0, 0.05) is 6.20 Å². The van der Waals surface area contributed by atoms with Crippen molar-refractivity contribution in [2.45, 2.75) is 18.6 Å². The van der Waals surface area contributed by atoms with E-state index in [2.05, 4.69) is 10.3 Å². The highest BCUT2D eigenvalue weighted by molar-refractivity contribution is 8.01. The summed E-state index contributed by atoms with van der Waals surface area (Å²) in [6.45, 7) is 3.00. The van der Waals surface area contributed by atoms with Crippen molar-refractivity contribution in [2.75, 3.05) is 5.75 Å². The Labute approximate surface area is 108 Å². The van der Waals surface area contributed by atoms with Crippen LogP contribution in [0.4, 0.5) is 0 Å². The number of hydrogen-bond donors (Lipinski definition) is 3.